The number of rotatable bonds is 5. The standard InChI is InChI=1S/C11H15BrN2O2/c1-8(2)16-7-6-13-11(15)9-4-3-5-10(12)14-9/h3-5,8H,6-7H2,1-2H3,(H,13,15). The van der Waals surface area contributed by atoms with Crippen molar-refractivity contribution in [3.8, 4) is 0 Å². The molecular formula is C11H15BrN2O2. The molecule has 0 spiro atoms. The molecular weight excluding hydrogens is 272 g/mol. The highest BCUT2D eigenvalue weighted by molar-refractivity contribution is 9.10. The smallest absolute Gasteiger partial charge is 0.270 e. The van der Waals surface area contributed by atoms with Crippen LogP contribution in [0.1, 0.15) is 24.3 Å². The van der Waals surface area contributed by atoms with Crippen molar-refractivity contribution in [1.29, 1.82) is 0 Å². The Kier molecular flexibility index (Phi) is 5.42. The molecule has 1 aromatic heterocycles. The van der Waals surface area contributed by atoms with E-state index in [0.29, 0.717) is 23.4 Å². The molecule has 1 rings (SSSR count). The maximum absolute atomic E-state index is 11.6. The molecule has 0 unspecified atom stereocenters. The van der Waals surface area contributed by atoms with E-state index in [-0.39, 0.29) is 12.0 Å². The third-order valence-corrected chi connectivity index (χ3v) is 2.23. The summed E-state index contributed by atoms with van der Waals surface area (Å²) in [5, 5.41) is 2.73. The van der Waals surface area contributed by atoms with Gasteiger partial charge in [0, 0.05) is 6.54 Å². The first-order valence-electron chi connectivity index (χ1n) is 5.12. The predicted octanol–water partition coefficient (Wildman–Crippen LogP) is 2.00. The molecule has 88 valence electrons. The van der Waals surface area contributed by atoms with Gasteiger partial charge in [-0.1, -0.05) is 6.07 Å². The first-order valence-corrected chi connectivity index (χ1v) is 5.91. The minimum atomic E-state index is -0.186. The van der Waals surface area contributed by atoms with E-state index in [0.717, 1.165) is 0 Å². The van der Waals surface area contributed by atoms with E-state index >= 15 is 0 Å². The average Bonchev–Trinajstić information content (AvgIpc) is 2.24. The molecule has 0 aromatic carbocycles. The Morgan fingerprint density at radius 2 is 2.31 bits per heavy atom. The first-order chi connectivity index (χ1) is 7.59. The largest absolute Gasteiger partial charge is 0.377 e. The topological polar surface area (TPSA) is 51.2 Å². The summed E-state index contributed by atoms with van der Waals surface area (Å²) in [5.41, 5.74) is 0.402. The molecule has 0 aliphatic rings. The molecule has 0 aliphatic carbocycles. The fourth-order valence-corrected chi connectivity index (χ4v) is 1.43. The van der Waals surface area contributed by atoms with Crippen LogP contribution in [0.5, 0.6) is 0 Å². The minimum absolute atomic E-state index is 0.181. The van der Waals surface area contributed by atoms with Gasteiger partial charge in [-0.25, -0.2) is 4.98 Å². The van der Waals surface area contributed by atoms with Gasteiger partial charge in [0.2, 0.25) is 0 Å². The summed E-state index contributed by atoms with van der Waals surface area (Å²) in [6, 6.07) is 5.22. The molecule has 1 aromatic rings. The lowest BCUT2D eigenvalue weighted by Crippen LogP contribution is -2.28. The Morgan fingerprint density at radius 3 is 2.94 bits per heavy atom. The summed E-state index contributed by atoms with van der Waals surface area (Å²) in [4.78, 5) is 15.6. The van der Waals surface area contributed by atoms with Crippen LogP contribution in [0.3, 0.4) is 0 Å². The second-order valence-corrected chi connectivity index (χ2v) is 4.33. The fraction of sp³-hybridized carbons (Fsp3) is 0.455. The van der Waals surface area contributed by atoms with Gasteiger partial charge >= 0.3 is 0 Å². The normalized spacial score (nSPS) is 10.5. The van der Waals surface area contributed by atoms with Gasteiger partial charge in [-0.05, 0) is 41.9 Å². The lowest BCUT2D eigenvalue weighted by molar-refractivity contribution is 0.0745. The van der Waals surface area contributed by atoms with Crippen LogP contribution in [0.2, 0.25) is 0 Å². The molecule has 0 saturated carbocycles. The van der Waals surface area contributed by atoms with Gasteiger partial charge < -0.3 is 10.1 Å². The zero-order valence-electron chi connectivity index (χ0n) is 9.37. The molecule has 0 bridgehead atoms. The highest BCUT2D eigenvalue weighted by atomic mass is 79.9. The van der Waals surface area contributed by atoms with Crippen molar-refractivity contribution in [2.75, 3.05) is 13.2 Å². The molecule has 0 fully saturated rings. The van der Waals surface area contributed by atoms with Gasteiger partial charge in [-0.2, -0.15) is 0 Å². The van der Waals surface area contributed by atoms with Gasteiger partial charge in [0.1, 0.15) is 10.3 Å². The molecule has 0 saturated heterocycles. The second-order valence-electron chi connectivity index (χ2n) is 3.52. The maximum Gasteiger partial charge on any atom is 0.270 e. The van der Waals surface area contributed by atoms with E-state index < -0.39 is 0 Å². The van der Waals surface area contributed by atoms with Gasteiger partial charge in [0.05, 0.1) is 12.7 Å². The molecule has 1 heterocycles. The van der Waals surface area contributed by atoms with Gasteiger partial charge in [-0.3, -0.25) is 4.79 Å². The van der Waals surface area contributed by atoms with Crippen LogP contribution in [0, 0.1) is 0 Å². The lowest BCUT2D eigenvalue weighted by atomic mass is 10.3. The molecule has 16 heavy (non-hydrogen) atoms. The molecule has 0 atom stereocenters. The van der Waals surface area contributed by atoms with Crippen LogP contribution in [-0.4, -0.2) is 30.1 Å². The zero-order chi connectivity index (χ0) is 12.0. The minimum Gasteiger partial charge on any atom is -0.377 e. The van der Waals surface area contributed by atoms with E-state index in [9.17, 15) is 4.79 Å². The quantitative estimate of drug-likeness (QED) is 0.665. The van der Waals surface area contributed by atoms with Crippen molar-refractivity contribution in [3.63, 3.8) is 0 Å². The number of halogens is 1. The second kappa shape index (κ2) is 6.60. The Labute approximate surface area is 104 Å². The van der Waals surface area contributed by atoms with Gasteiger partial charge in [-0.15, -0.1) is 0 Å². The summed E-state index contributed by atoms with van der Waals surface area (Å²) >= 11 is 3.22. The third kappa shape index (κ3) is 4.72. The summed E-state index contributed by atoms with van der Waals surface area (Å²) in [6.07, 6.45) is 0.181. The average molecular weight is 287 g/mol. The number of nitrogens with one attached hydrogen (secondary N) is 1. The molecule has 0 aliphatic heterocycles. The van der Waals surface area contributed by atoms with Crippen molar-refractivity contribution in [1.82, 2.24) is 10.3 Å². The van der Waals surface area contributed by atoms with Crippen LogP contribution < -0.4 is 5.32 Å². The molecule has 1 amide bonds. The number of pyridine rings is 1. The van der Waals surface area contributed by atoms with E-state index in [1.807, 2.05) is 13.8 Å². The number of nitrogens with zero attached hydrogens (tertiary/aromatic N) is 1. The molecule has 5 heteroatoms. The summed E-state index contributed by atoms with van der Waals surface area (Å²) in [5.74, 6) is -0.186. The highest BCUT2D eigenvalue weighted by Gasteiger charge is 2.06. The Balaban J connectivity index is 2.35. The zero-order valence-corrected chi connectivity index (χ0v) is 11.0. The number of carbonyl (C=O) groups excluding carboxylic acids is 1. The number of hydrogen-bond acceptors (Lipinski definition) is 3. The monoisotopic (exact) mass is 286 g/mol. The van der Waals surface area contributed by atoms with Crippen LogP contribution >= 0.6 is 15.9 Å². The molecule has 1 N–H and O–H groups in total. The fourth-order valence-electron chi connectivity index (χ4n) is 1.08. The third-order valence-electron chi connectivity index (χ3n) is 1.79. The van der Waals surface area contributed by atoms with Gasteiger partial charge in [0.15, 0.2) is 0 Å². The predicted molar refractivity (Wildman–Crippen MR) is 65.4 cm³/mol. The highest BCUT2D eigenvalue weighted by Crippen LogP contribution is 2.05. The first kappa shape index (κ1) is 13.1. The van der Waals surface area contributed by atoms with E-state index in [1.54, 1.807) is 18.2 Å². The van der Waals surface area contributed by atoms with Crippen molar-refractivity contribution in [2.24, 2.45) is 0 Å². The van der Waals surface area contributed by atoms with Crippen LogP contribution in [-0.2, 0) is 4.74 Å². The Morgan fingerprint density at radius 1 is 1.56 bits per heavy atom. The number of aromatic nitrogens is 1. The van der Waals surface area contributed by atoms with Crippen LogP contribution in [0.15, 0.2) is 22.8 Å². The van der Waals surface area contributed by atoms with Crippen LogP contribution in [0.25, 0.3) is 0 Å². The van der Waals surface area contributed by atoms with E-state index in [4.69, 9.17) is 4.74 Å². The summed E-state index contributed by atoms with van der Waals surface area (Å²) in [6.45, 7) is 4.91. The Bertz CT molecular complexity index is 356. The summed E-state index contributed by atoms with van der Waals surface area (Å²) in [7, 11) is 0. The van der Waals surface area contributed by atoms with Crippen molar-refractivity contribution < 1.29 is 9.53 Å². The molecule has 0 radical (unpaired) electrons. The van der Waals surface area contributed by atoms with Crippen molar-refractivity contribution in [3.05, 3.63) is 28.5 Å². The van der Waals surface area contributed by atoms with Gasteiger partial charge in [0.25, 0.3) is 5.91 Å². The van der Waals surface area contributed by atoms with Crippen molar-refractivity contribution >= 4 is 21.8 Å². The maximum atomic E-state index is 11.6. The number of ether oxygens (including phenoxy) is 1. The van der Waals surface area contributed by atoms with Crippen molar-refractivity contribution in [2.45, 2.75) is 20.0 Å². The number of hydrogen-bond donors (Lipinski definition) is 1. The van der Waals surface area contributed by atoms with E-state index in [2.05, 4.69) is 26.2 Å². The van der Waals surface area contributed by atoms with E-state index in [1.165, 1.54) is 0 Å². The summed E-state index contributed by atoms with van der Waals surface area (Å²) < 4.78 is 5.96. The van der Waals surface area contributed by atoms with Crippen LogP contribution in [0.4, 0.5) is 0 Å². The number of carbonyl (C=O) groups is 1. The Hall–Kier alpha value is -0.940. The number of amides is 1. The lowest BCUT2D eigenvalue weighted by Gasteiger charge is -2.08. The molecule has 4 nitrogen and oxygen atoms in total. The SMILES string of the molecule is CC(C)OCCNC(=O)c1cccc(Br)n1.